The fourth-order valence-corrected chi connectivity index (χ4v) is 2.02. The van der Waals surface area contributed by atoms with E-state index < -0.39 is 0 Å². The predicted molar refractivity (Wildman–Crippen MR) is 70.0 cm³/mol. The highest BCUT2D eigenvalue weighted by Gasteiger charge is 2.34. The van der Waals surface area contributed by atoms with E-state index in [9.17, 15) is 4.79 Å². The van der Waals surface area contributed by atoms with Crippen LogP contribution in [0.4, 0.5) is 0 Å². The number of pyridine rings is 1. The van der Waals surface area contributed by atoms with Gasteiger partial charge in [-0.05, 0) is 42.9 Å². The molecule has 1 fully saturated rings. The number of nitrogens with zero attached hydrogens (tertiary/aromatic N) is 3. The maximum Gasteiger partial charge on any atom is 0.276 e. The van der Waals surface area contributed by atoms with Crippen molar-refractivity contribution < 1.29 is 4.79 Å². The SMILES string of the molecule is CCN1C(=O)/C(=C\c2ccncc2)N(C)C1=S. The Morgan fingerprint density at radius 1 is 1.41 bits per heavy atom. The van der Waals surface area contributed by atoms with E-state index in [0.29, 0.717) is 17.4 Å². The Morgan fingerprint density at radius 2 is 2.06 bits per heavy atom. The molecule has 0 atom stereocenters. The molecule has 1 aromatic rings. The number of likely N-dealkylation sites (N-methyl/N-ethyl adjacent to an activating group) is 2. The number of hydrogen-bond donors (Lipinski definition) is 0. The molecule has 4 nitrogen and oxygen atoms in total. The molecule has 2 heterocycles. The molecule has 0 radical (unpaired) electrons. The molecule has 88 valence electrons. The summed E-state index contributed by atoms with van der Waals surface area (Å²) in [5.41, 5.74) is 1.54. The van der Waals surface area contributed by atoms with Crippen LogP contribution in [-0.4, -0.2) is 39.4 Å². The number of carbonyl (C=O) groups excluding carboxylic acids is 1. The maximum atomic E-state index is 12.1. The number of amides is 1. The van der Waals surface area contributed by atoms with Gasteiger partial charge in [0.15, 0.2) is 5.11 Å². The summed E-state index contributed by atoms with van der Waals surface area (Å²) < 4.78 is 0. The minimum atomic E-state index is -0.0446. The van der Waals surface area contributed by atoms with Crippen molar-refractivity contribution in [3.05, 3.63) is 35.8 Å². The largest absolute Gasteiger partial charge is 0.317 e. The highest BCUT2D eigenvalue weighted by molar-refractivity contribution is 7.80. The second-order valence-electron chi connectivity index (χ2n) is 3.70. The molecule has 0 N–H and O–H groups in total. The van der Waals surface area contributed by atoms with Gasteiger partial charge in [0.1, 0.15) is 5.70 Å². The van der Waals surface area contributed by atoms with Crippen molar-refractivity contribution in [2.24, 2.45) is 0 Å². The van der Waals surface area contributed by atoms with Gasteiger partial charge in [0, 0.05) is 26.0 Å². The van der Waals surface area contributed by atoms with Gasteiger partial charge in [-0.1, -0.05) is 0 Å². The minimum absolute atomic E-state index is 0.0446. The third kappa shape index (κ3) is 2.06. The van der Waals surface area contributed by atoms with Gasteiger partial charge in [-0.25, -0.2) is 0 Å². The van der Waals surface area contributed by atoms with Crippen molar-refractivity contribution in [1.29, 1.82) is 0 Å². The van der Waals surface area contributed by atoms with E-state index in [-0.39, 0.29) is 5.91 Å². The lowest BCUT2D eigenvalue weighted by molar-refractivity contribution is -0.122. The van der Waals surface area contributed by atoms with Crippen LogP contribution < -0.4 is 0 Å². The minimum Gasteiger partial charge on any atom is -0.317 e. The molecule has 0 spiro atoms. The summed E-state index contributed by atoms with van der Waals surface area (Å²) in [7, 11) is 1.81. The van der Waals surface area contributed by atoms with Crippen molar-refractivity contribution >= 4 is 29.3 Å². The lowest BCUT2D eigenvalue weighted by Gasteiger charge is -2.13. The molecular formula is C12H13N3OS. The van der Waals surface area contributed by atoms with Crippen LogP contribution in [0.25, 0.3) is 6.08 Å². The van der Waals surface area contributed by atoms with Crippen LogP contribution in [0.2, 0.25) is 0 Å². The monoisotopic (exact) mass is 247 g/mol. The molecule has 0 saturated carbocycles. The fourth-order valence-electron chi connectivity index (χ4n) is 1.71. The van der Waals surface area contributed by atoms with Crippen molar-refractivity contribution in [3.63, 3.8) is 0 Å². The topological polar surface area (TPSA) is 36.4 Å². The Morgan fingerprint density at radius 3 is 2.59 bits per heavy atom. The lowest BCUT2D eigenvalue weighted by atomic mass is 10.2. The maximum absolute atomic E-state index is 12.1. The van der Waals surface area contributed by atoms with E-state index in [0.717, 1.165) is 5.56 Å². The first-order valence-electron chi connectivity index (χ1n) is 5.36. The Hall–Kier alpha value is -1.75. The summed E-state index contributed by atoms with van der Waals surface area (Å²) in [5.74, 6) is -0.0446. The molecule has 2 rings (SSSR count). The van der Waals surface area contributed by atoms with Gasteiger partial charge in [-0.2, -0.15) is 0 Å². The molecule has 0 aliphatic carbocycles. The highest BCUT2D eigenvalue weighted by Crippen LogP contribution is 2.21. The molecule has 1 aromatic heterocycles. The van der Waals surface area contributed by atoms with Crippen LogP contribution in [0, 0.1) is 0 Å². The molecule has 1 aliphatic heterocycles. The highest BCUT2D eigenvalue weighted by atomic mass is 32.1. The second-order valence-corrected chi connectivity index (χ2v) is 4.07. The van der Waals surface area contributed by atoms with Crippen molar-refractivity contribution in [2.75, 3.05) is 13.6 Å². The van der Waals surface area contributed by atoms with E-state index in [1.807, 2.05) is 32.2 Å². The van der Waals surface area contributed by atoms with Gasteiger partial charge in [-0.15, -0.1) is 0 Å². The zero-order valence-corrected chi connectivity index (χ0v) is 10.6. The van der Waals surface area contributed by atoms with E-state index in [1.54, 1.807) is 22.2 Å². The van der Waals surface area contributed by atoms with E-state index >= 15 is 0 Å². The summed E-state index contributed by atoms with van der Waals surface area (Å²) in [5, 5.41) is 0.554. The molecule has 0 unspecified atom stereocenters. The average molecular weight is 247 g/mol. The third-order valence-electron chi connectivity index (χ3n) is 2.67. The van der Waals surface area contributed by atoms with E-state index in [2.05, 4.69) is 4.98 Å². The first-order chi connectivity index (χ1) is 8.15. The summed E-state index contributed by atoms with van der Waals surface area (Å²) in [6.45, 7) is 2.50. The number of aromatic nitrogens is 1. The van der Waals surface area contributed by atoms with Gasteiger partial charge in [0.2, 0.25) is 0 Å². The Kier molecular flexibility index (Phi) is 3.19. The van der Waals surface area contributed by atoms with Crippen LogP contribution in [0.15, 0.2) is 30.2 Å². The van der Waals surface area contributed by atoms with Gasteiger partial charge in [-0.3, -0.25) is 14.7 Å². The summed E-state index contributed by atoms with van der Waals surface area (Å²) in [6.07, 6.45) is 5.22. The fraction of sp³-hybridized carbons (Fsp3) is 0.250. The van der Waals surface area contributed by atoms with Gasteiger partial charge in [0.05, 0.1) is 0 Å². The summed E-state index contributed by atoms with van der Waals surface area (Å²) in [4.78, 5) is 19.3. The second kappa shape index (κ2) is 4.63. The van der Waals surface area contributed by atoms with Gasteiger partial charge in [0.25, 0.3) is 5.91 Å². The van der Waals surface area contributed by atoms with Crippen molar-refractivity contribution in [3.8, 4) is 0 Å². The van der Waals surface area contributed by atoms with E-state index in [4.69, 9.17) is 12.2 Å². The lowest BCUT2D eigenvalue weighted by Crippen LogP contribution is -2.30. The van der Waals surface area contributed by atoms with Crippen molar-refractivity contribution in [2.45, 2.75) is 6.92 Å². The number of rotatable bonds is 2. The molecule has 1 aliphatic rings. The number of thiocarbonyl (C=S) groups is 1. The Labute approximate surface area is 106 Å². The standard InChI is InChI=1S/C12H13N3OS/c1-3-15-11(16)10(14(2)12(15)17)8-9-4-6-13-7-5-9/h4-8H,3H2,1-2H3/b10-8+. The Bertz CT molecular complexity index is 484. The molecule has 1 saturated heterocycles. The normalized spacial score (nSPS) is 18.4. The van der Waals surface area contributed by atoms with Crippen LogP contribution >= 0.6 is 12.2 Å². The quantitative estimate of drug-likeness (QED) is 0.586. The van der Waals surface area contributed by atoms with Crippen molar-refractivity contribution in [1.82, 2.24) is 14.8 Å². The summed E-state index contributed by atoms with van der Waals surface area (Å²) >= 11 is 5.21. The van der Waals surface area contributed by atoms with Gasteiger partial charge >= 0.3 is 0 Å². The Balaban J connectivity index is 2.37. The predicted octanol–water partition coefficient (Wildman–Crippen LogP) is 1.50. The van der Waals surface area contributed by atoms with E-state index in [1.165, 1.54) is 0 Å². The van der Waals surface area contributed by atoms with Gasteiger partial charge < -0.3 is 4.90 Å². The smallest absolute Gasteiger partial charge is 0.276 e. The first-order valence-corrected chi connectivity index (χ1v) is 5.77. The van der Waals surface area contributed by atoms with Crippen LogP contribution in [0.3, 0.4) is 0 Å². The molecule has 0 aromatic carbocycles. The zero-order valence-electron chi connectivity index (χ0n) is 9.75. The molecular weight excluding hydrogens is 234 g/mol. The van der Waals surface area contributed by atoms with Crippen LogP contribution in [-0.2, 0) is 4.79 Å². The summed E-state index contributed by atoms with van der Waals surface area (Å²) in [6, 6.07) is 3.71. The van der Waals surface area contributed by atoms with Crippen LogP contribution in [0.1, 0.15) is 12.5 Å². The molecule has 0 bridgehead atoms. The number of hydrogen-bond acceptors (Lipinski definition) is 3. The van der Waals surface area contributed by atoms with Crippen LogP contribution in [0.5, 0.6) is 0 Å². The average Bonchev–Trinajstić information content (AvgIpc) is 2.55. The third-order valence-corrected chi connectivity index (χ3v) is 3.16. The molecule has 17 heavy (non-hydrogen) atoms. The zero-order chi connectivity index (χ0) is 12.4. The number of carbonyl (C=O) groups is 1. The molecule has 1 amide bonds. The molecule has 5 heteroatoms. The first kappa shape index (κ1) is 11.7.